The Bertz CT molecular complexity index is 220. The van der Waals surface area contributed by atoms with Gasteiger partial charge in [0.15, 0.2) is 0 Å². The average molecular weight is 274 g/mol. The average Bonchev–Trinajstić information content (AvgIpc) is 2.18. The highest BCUT2D eigenvalue weighted by atomic mass is 15.0. The summed E-state index contributed by atoms with van der Waals surface area (Å²) < 4.78 is 0. The predicted octanol–water partition coefficient (Wildman–Crippen LogP) is 1.43. The summed E-state index contributed by atoms with van der Waals surface area (Å²) in [4.78, 5) is 7.64. The van der Waals surface area contributed by atoms with Crippen LogP contribution in [0.4, 0.5) is 0 Å². The van der Waals surface area contributed by atoms with Crippen molar-refractivity contribution in [2.24, 2.45) is 27.2 Å². The van der Waals surface area contributed by atoms with Crippen LogP contribution in [0.3, 0.4) is 0 Å². The number of rotatable bonds is 4. The van der Waals surface area contributed by atoms with Crippen LogP contribution >= 0.6 is 0 Å². The highest BCUT2D eigenvalue weighted by Crippen LogP contribution is 1.64. The van der Waals surface area contributed by atoms with Gasteiger partial charge in [-0.1, -0.05) is 14.0 Å². The zero-order valence-corrected chi connectivity index (χ0v) is 12.5. The Hall–Kier alpha value is -1.72. The summed E-state index contributed by atoms with van der Waals surface area (Å²) in [6.45, 7) is 15.3. The van der Waals surface area contributed by atoms with Crippen LogP contribution in [0.2, 0.25) is 0 Å². The predicted molar refractivity (Wildman–Crippen MR) is 89.4 cm³/mol. The van der Waals surface area contributed by atoms with Gasteiger partial charge in [0.2, 0.25) is 0 Å². The molecule has 0 aliphatic heterocycles. The lowest BCUT2D eigenvalue weighted by Crippen LogP contribution is -2.17. The lowest BCUT2D eigenvalue weighted by molar-refractivity contribution is 0.845. The molecule has 6 nitrogen and oxygen atoms in total. The van der Waals surface area contributed by atoms with E-state index in [9.17, 15) is 0 Å². The van der Waals surface area contributed by atoms with Gasteiger partial charge in [-0.05, 0) is 34.6 Å². The van der Waals surface area contributed by atoms with Crippen LogP contribution in [0.25, 0.3) is 0 Å². The van der Waals surface area contributed by atoms with Gasteiger partial charge in [0.05, 0.1) is 17.5 Å². The minimum atomic E-state index is 0. The van der Waals surface area contributed by atoms with Crippen molar-refractivity contribution in [2.75, 3.05) is 19.6 Å². The standard InChI is InChI=1S/3C4H10N2.CH4/c3*1-3-6-4(2)5;/h2*3H2,1-2H3,(H2,5,6);6H,2-3,5H2,1H3;1H4. The van der Waals surface area contributed by atoms with Gasteiger partial charge in [-0.15, -0.1) is 0 Å². The second-order valence-corrected chi connectivity index (χ2v) is 3.29. The Morgan fingerprint density at radius 1 is 0.947 bits per heavy atom. The zero-order chi connectivity index (χ0) is 15.0. The molecular weight excluding hydrogens is 240 g/mol. The molecule has 19 heavy (non-hydrogen) atoms. The number of nitrogens with zero attached hydrogens (tertiary/aromatic N) is 2. The first-order chi connectivity index (χ1) is 8.31. The molecule has 7 N–H and O–H groups in total. The van der Waals surface area contributed by atoms with E-state index in [1.54, 1.807) is 13.8 Å². The Kier molecular flexibility index (Phi) is 29.5. The maximum Gasteiger partial charge on any atom is 0.0905 e. The van der Waals surface area contributed by atoms with E-state index in [0.29, 0.717) is 17.5 Å². The van der Waals surface area contributed by atoms with Gasteiger partial charge < -0.3 is 22.5 Å². The van der Waals surface area contributed by atoms with Crippen LogP contribution in [-0.4, -0.2) is 31.3 Å². The summed E-state index contributed by atoms with van der Waals surface area (Å²) in [6, 6.07) is 0. The summed E-state index contributed by atoms with van der Waals surface area (Å²) in [5, 5.41) is 2.79. The molecule has 0 heterocycles. The van der Waals surface area contributed by atoms with Gasteiger partial charge in [-0.2, -0.15) is 0 Å². The quantitative estimate of drug-likeness (QED) is 0.458. The molecule has 0 bridgehead atoms. The minimum Gasteiger partial charge on any atom is -0.388 e. The zero-order valence-electron chi connectivity index (χ0n) is 12.5. The largest absolute Gasteiger partial charge is 0.388 e. The van der Waals surface area contributed by atoms with Gasteiger partial charge >= 0.3 is 0 Å². The van der Waals surface area contributed by atoms with Crippen molar-refractivity contribution in [3.8, 4) is 0 Å². The first kappa shape index (κ1) is 26.0. The lowest BCUT2D eigenvalue weighted by Gasteiger charge is -1.95. The summed E-state index contributed by atoms with van der Waals surface area (Å²) in [5.74, 6) is 1.87. The number of hydrogen-bond acceptors (Lipinski definition) is 4. The fourth-order valence-electron chi connectivity index (χ4n) is 0.726. The fourth-order valence-corrected chi connectivity index (χ4v) is 0.726. The van der Waals surface area contributed by atoms with Crippen molar-refractivity contribution < 1.29 is 0 Å². The van der Waals surface area contributed by atoms with Crippen LogP contribution in [0.1, 0.15) is 42.0 Å². The molecule has 116 valence electrons. The van der Waals surface area contributed by atoms with E-state index in [0.717, 1.165) is 19.6 Å². The monoisotopic (exact) mass is 274 g/mol. The maximum absolute atomic E-state index is 5.15. The molecule has 0 atom stereocenters. The van der Waals surface area contributed by atoms with Crippen LogP contribution in [-0.2, 0) is 0 Å². The molecule has 0 spiro atoms. The van der Waals surface area contributed by atoms with E-state index in [4.69, 9.17) is 17.2 Å². The van der Waals surface area contributed by atoms with E-state index >= 15 is 0 Å². The summed E-state index contributed by atoms with van der Waals surface area (Å²) in [5.41, 5.74) is 15.4. The molecule has 0 unspecified atom stereocenters. The molecule has 0 saturated carbocycles. The Morgan fingerprint density at radius 3 is 1.26 bits per heavy atom. The number of nitrogens with two attached hydrogens (primary N) is 3. The Labute approximate surface area is 119 Å². The molecule has 0 radical (unpaired) electrons. The first-order valence-electron chi connectivity index (χ1n) is 6.02. The van der Waals surface area contributed by atoms with Gasteiger partial charge in [0, 0.05) is 19.6 Å². The normalized spacial score (nSPS) is 9.95. The van der Waals surface area contributed by atoms with E-state index in [1.807, 2.05) is 20.8 Å². The van der Waals surface area contributed by atoms with Crippen LogP contribution in [0.5, 0.6) is 0 Å². The second-order valence-electron chi connectivity index (χ2n) is 3.29. The maximum atomic E-state index is 5.15. The first-order valence-corrected chi connectivity index (χ1v) is 6.02. The third-order valence-electron chi connectivity index (χ3n) is 1.22. The highest BCUT2D eigenvalue weighted by Gasteiger charge is 1.71. The van der Waals surface area contributed by atoms with Gasteiger partial charge in [-0.3, -0.25) is 9.98 Å². The molecular formula is C13H34N6. The van der Waals surface area contributed by atoms with Crippen molar-refractivity contribution in [3.63, 3.8) is 0 Å². The molecule has 0 saturated heterocycles. The second kappa shape index (κ2) is 21.6. The molecule has 0 aromatic heterocycles. The minimum absolute atomic E-state index is 0. The summed E-state index contributed by atoms with van der Waals surface area (Å²) in [7, 11) is 0. The number of amidine groups is 2. The SMILES string of the molecule is C.C=C(N)NCC.CCN=C(C)N.CCN=C(C)N. The molecule has 6 heteroatoms. The van der Waals surface area contributed by atoms with Gasteiger partial charge in [-0.25, -0.2) is 0 Å². The molecule has 0 amide bonds. The number of hydrogen-bond donors (Lipinski definition) is 4. The van der Waals surface area contributed by atoms with Crippen molar-refractivity contribution in [2.45, 2.75) is 42.0 Å². The van der Waals surface area contributed by atoms with Crippen LogP contribution < -0.4 is 22.5 Å². The number of nitrogens with one attached hydrogen (secondary N) is 1. The van der Waals surface area contributed by atoms with Crippen LogP contribution in [0, 0.1) is 0 Å². The summed E-state index contributed by atoms with van der Waals surface area (Å²) >= 11 is 0. The summed E-state index contributed by atoms with van der Waals surface area (Å²) in [6.07, 6.45) is 0. The topological polar surface area (TPSA) is 115 Å². The van der Waals surface area contributed by atoms with Gasteiger partial charge in [0.1, 0.15) is 0 Å². The molecule has 0 rings (SSSR count). The Morgan fingerprint density at radius 2 is 1.26 bits per heavy atom. The molecule has 0 aromatic rings. The fraction of sp³-hybridized carbons (Fsp3) is 0.692. The van der Waals surface area contributed by atoms with Crippen molar-refractivity contribution in [1.82, 2.24) is 5.32 Å². The molecule has 0 aromatic carbocycles. The third kappa shape index (κ3) is 62.6. The Balaban J connectivity index is -0.0000000865. The molecule has 0 aliphatic carbocycles. The van der Waals surface area contributed by atoms with Crippen LogP contribution in [0.15, 0.2) is 22.4 Å². The highest BCUT2D eigenvalue weighted by molar-refractivity contribution is 5.77. The van der Waals surface area contributed by atoms with Gasteiger partial charge in [0.25, 0.3) is 0 Å². The lowest BCUT2D eigenvalue weighted by atomic mass is 10.7. The van der Waals surface area contributed by atoms with Crippen molar-refractivity contribution in [1.29, 1.82) is 0 Å². The van der Waals surface area contributed by atoms with E-state index in [1.165, 1.54) is 0 Å². The van der Waals surface area contributed by atoms with E-state index in [2.05, 4.69) is 21.9 Å². The van der Waals surface area contributed by atoms with E-state index < -0.39 is 0 Å². The molecule has 0 fully saturated rings. The third-order valence-corrected chi connectivity index (χ3v) is 1.22. The van der Waals surface area contributed by atoms with E-state index in [-0.39, 0.29) is 7.43 Å². The smallest absolute Gasteiger partial charge is 0.0905 e. The van der Waals surface area contributed by atoms with Crippen molar-refractivity contribution in [3.05, 3.63) is 12.4 Å². The van der Waals surface area contributed by atoms with Crippen molar-refractivity contribution >= 4 is 11.7 Å². The number of aliphatic imine (C=N–C) groups is 2. The molecule has 0 aliphatic rings.